The van der Waals surface area contributed by atoms with Crippen molar-refractivity contribution < 1.29 is 4.39 Å². The molecule has 0 aliphatic carbocycles. The molecule has 80 valence electrons. The van der Waals surface area contributed by atoms with Crippen LogP contribution in [0.4, 0.5) is 4.39 Å². The minimum absolute atomic E-state index is 0.214. The minimum atomic E-state index is -0.214. The van der Waals surface area contributed by atoms with E-state index in [1.807, 2.05) is 18.2 Å². The van der Waals surface area contributed by atoms with E-state index < -0.39 is 0 Å². The monoisotopic (exact) mass is 214 g/mol. The molecule has 1 aromatic heterocycles. The van der Waals surface area contributed by atoms with Gasteiger partial charge >= 0.3 is 0 Å². The molecule has 0 N–H and O–H groups in total. The average molecular weight is 214 g/mol. The molecule has 16 heavy (non-hydrogen) atoms. The quantitative estimate of drug-likeness (QED) is 0.764. The average Bonchev–Trinajstić information content (AvgIpc) is 2.39. The number of benzene rings is 1. The second-order valence-electron chi connectivity index (χ2n) is 3.31. The smallest absolute Gasteiger partial charge is 0.126 e. The molecule has 0 spiro atoms. The van der Waals surface area contributed by atoms with Crippen molar-refractivity contribution in [1.82, 2.24) is 9.97 Å². The predicted octanol–water partition coefficient (Wildman–Crippen LogP) is 3.47. The maximum absolute atomic E-state index is 13.2. The Bertz CT molecular complexity index is 489. The Hall–Kier alpha value is -2.03. The van der Waals surface area contributed by atoms with E-state index >= 15 is 0 Å². The Kier molecular flexibility index (Phi) is 3.05. The van der Waals surface area contributed by atoms with E-state index in [9.17, 15) is 4.39 Å². The molecule has 0 aliphatic rings. The minimum Gasteiger partial charge on any atom is -0.245 e. The van der Waals surface area contributed by atoms with Crippen LogP contribution in [0.3, 0.4) is 0 Å². The lowest BCUT2D eigenvalue weighted by Crippen LogP contribution is -1.84. The van der Waals surface area contributed by atoms with Crippen LogP contribution in [-0.2, 0) is 0 Å². The van der Waals surface area contributed by atoms with E-state index in [4.69, 9.17) is 0 Å². The van der Waals surface area contributed by atoms with E-state index in [-0.39, 0.29) is 5.83 Å². The molecule has 0 saturated carbocycles. The maximum Gasteiger partial charge on any atom is 0.126 e. The van der Waals surface area contributed by atoms with Crippen LogP contribution in [0.1, 0.15) is 12.5 Å². The molecular formula is C13H11FN2. The Morgan fingerprint density at radius 1 is 1.19 bits per heavy atom. The SMILES string of the molecule is C/C=C(/F)c1ccc(-c2ccncn2)cc1. The van der Waals surface area contributed by atoms with E-state index in [1.54, 1.807) is 25.3 Å². The number of hydrogen-bond donors (Lipinski definition) is 0. The van der Waals surface area contributed by atoms with Crippen LogP contribution in [0.5, 0.6) is 0 Å². The largest absolute Gasteiger partial charge is 0.245 e. The molecule has 3 heteroatoms. The molecule has 1 heterocycles. The van der Waals surface area contributed by atoms with E-state index in [2.05, 4.69) is 9.97 Å². The van der Waals surface area contributed by atoms with Gasteiger partial charge in [0.15, 0.2) is 0 Å². The zero-order valence-electron chi connectivity index (χ0n) is 8.89. The summed E-state index contributed by atoms with van der Waals surface area (Å²) in [7, 11) is 0. The van der Waals surface area contributed by atoms with Gasteiger partial charge in [-0.1, -0.05) is 30.3 Å². The lowest BCUT2D eigenvalue weighted by molar-refractivity contribution is 0.758. The summed E-state index contributed by atoms with van der Waals surface area (Å²) < 4.78 is 13.2. The van der Waals surface area contributed by atoms with E-state index in [0.717, 1.165) is 11.3 Å². The van der Waals surface area contributed by atoms with Gasteiger partial charge in [0.1, 0.15) is 12.2 Å². The Morgan fingerprint density at radius 2 is 1.94 bits per heavy atom. The lowest BCUT2D eigenvalue weighted by atomic mass is 10.1. The van der Waals surface area contributed by atoms with Crippen molar-refractivity contribution in [2.45, 2.75) is 6.92 Å². The second kappa shape index (κ2) is 4.66. The van der Waals surface area contributed by atoms with Gasteiger partial charge in [-0.05, 0) is 13.0 Å². The van der Waals surface area contributed by atoms with E-state index in [1.165, 1.54) is 12.4 Å². The van der Waals surface area contributed by atoms with Gasteiger partial charge in [0.25, 0.3) is 0 Å². The van der Waals surface area contributed by atoms with Gasteiger partial charge in [-0.25, -0.2) is 14.4 Å². The summed E-state index contributed by atoms with van der Waals surface area (Å²) in [6, 6.07) is 9.00. The third kappa shape index (κ3) is 2.14. The fourth-order valence-corrected chi connectivity index (χ4v) is 1.43. The van der Waals surface area contributed by atoms with Crippen LogP contribution in [-0.4, -0.2) is 9.97 Å². The molecule has 2 nitrogen and oxygen atoms in total. The van der Waals surface area contributed by atoms with Gasteiger partial charge in [0.05, 0.1) is 5.69 Å². The molecule has 2 aromatic rings. The number of nitrogens with zero attached hydrogens (tertiary/aromatic N) is 2. The summed E-state index contributed by atoms with van der Waals surface area (Å²) in [6.07, 6.45) is 4.62. The lowest BCUT2D eigenvalue weighted by Gasteiger charge is -2.01. The first kappa shape index (κ1) is 10.5. The van der Waals surface area contributed by atoms with Gasteiger partial charge in [-0.2, -0.15) is 0 Å². The van der Waals surface area contributed by atoms with Crippen molar-refractivity contribution in [1.29, 1.82) is 0 Å². The molecular weight excluding hydrogens is 203 g/mol. The van der Waals surface area contributed by atoms with Crippen LogP contribution in [0.15, 0.2) is 48.9 Å². The first-order chi connectivity index (χ1) is 7.81. The van der Waals surface area contributed by atoms with Crippen LogP contribution in [0.25, 0.3) is 17.1 Å². The normalized spacial score (nSPS) is 11.5. The molecule has 0 atom stereocenters. The number of halogens is 1. The molecule has 0 bridgehead atoms. The topological polar surface area (TPSA) is 25.8 Å². The predicted molar refractivity (Wildman–Crippen MR) is 62.2 cm³/mol. The number of allylic oxidation sites excluding steroid dienone is 1. The Labute approximate surface area is 93.5 Å². The van der Waals surface area contributed by atoms with Crippen molar-refractivity contribution in [2.24, 2.45) is 0 Å². The number of rotatable bonds is 2. The first-order valence-electron chi connectivity index (χ1n) is 5.00. The van der Waals surface area contributed by atoms with Gasteiger partial charge in [0.2, 0.25) is 0 Å². The fraction of sp³-hybridized carbons (Fsp3) is 0.0769. The van der Waals surface area contributed by atoms with Crippen molar-refractivity contribution in [3.8, 4) is 11.3 Å². The summed E-state index contributed by atoms with van der Waals surface area (Å²) in [5.74, 6) is -0.214. The molecule has 2 rings (SSSR count). The molecule has 0 unspecified atom stereocenters. The number of hydrogen-bond acceptors (Lipinski definition) is 2. The highest BCUT2D eigenvalue weighted by atomic mass is 19.1. The summed E-state index contributed by atoms with van der Waals surface area (Å²) >= 11 is 0. The van der Waals surface area contributed by atoms with Gasteiger partial charge < -0.3 is 0 Å². The molecule has 0 fully saturated rings. The maximum atomic E-state index is 13.2. The van der Waals surface area contributed by atoms with Crippen molar-refractivity contribution >= 4 is 5.83 Å². The standard InChI is InChI=1S/C13H11FN2/c1-2-12(14)10-3-5-11(6-4-10)13-7-8-15-9-16-13/h2-9H,1H3/b12-2+. The van der Waals surface area contributed by atoms with Gasteiger partial charge in [-0.15, -0.1) is 0 Å². The second-order valence-corrected chi connectivity index (χ2v) is 3.31. The zero-order chi connectivity index (χ0) is 11.4. The first-order valence-corrected chi connectivity index (χ1v) is 5.00. The summed E-state index contributed by atoms with van der Waals surface area (Å²) in [4.78, 5) is 7.97. The van der Waals surface area contributed by atoms with Crippen LogP contribution >= 0.6 is 0 Å². The summed E-state index contributed by atoms with van der Waals surface area (Å²) in [6.45, 7) is 1.67. The molecule has 1 aromatic carbocycles. The summed E-state index contributed by atoms with van der Waals surface area (Å²) in [5, 5.41) is 0. The van der Waals surface area contributed by atoms with Crippen LogP contribution in [0, 0.1) is 0 Å². The van der Waals surface area contributed by atoms with Gasteiger partial charge in [0, 0.05) is 17.3 Å². The highest BCUT2D eigenvalue weighted by Crippen LogP contribution is 2.20. The third-order valence-electron chi connectivity index (χ3n) is 2.29. The Morgan fingerprint density at radius 3 is 2.50 bits per heavy atom. The van der Waals surface area contributed by atoms with Crippen LogP contribution in [0.2, 0.25) is 0 Å². The number of aromatic nitrogens is 2. The van der Waals surface area contributed by atoms with Crippen molar-refractivity contribution in [3.63, 3.8) is 0 Å². The molecule has 0 aliphatic heterocycles. The van der Waals surface area contributed by atoms with E-state index in [0.29, 0.717) is 5.56 Å². The highest BCUT2D eigenvalue weighted by Gasteiger charge is 2.01. The molecule has 0 radical (unpaired) electrons. The fourth-order valence-electron chi connectivity index (χ4n) is 1.43. The Balaban J connectivity index is 2.34. The highest BCUT2D eigenvalue weighted by molar-refractivity contribution is 5.65. The summed E-state index contributed by atoms with van der Waals surface area (Å²) in [5.41, 5.74) is 2.37. The molecule has 0 saturated heterocycles. The van der Waals surface area contributed by atoms with Gasteiger partial charge in [-0.3, -0.25) is 0 Å². The van der Waals surface area contributed by atoms with Crippen molar-refractivity contribution in [3.05, 3.63) is 54.5 Å². The van der Waals surface area contributed by atoms with Crippen LogP contribution < -0.4 is 0 Å². The molecule has 0 amide bonds. The zero-order valence-corrected chi connectivity index (χ0v) is 8.89. The third-order valence-corrected chi connectivity index (χ3v) is 2.29. The van der Waals surface area contributed by atoms with Crippen molar-refractivity contribution in [2.75, 3.05) is 0 Å².